The number of rotatable bonds is 9. The van der Waals surface area contributed by atoms with Crippen LogP contribution in [0.2, 0.25) is 10.0 Å². The van der Waals surface area contributed by atoms with Crippen molar-refractivity contribution in [2.45, 2.75) is 31.8 Å². The van der Waals surface area contributed by atoms with E-state index in [1.807, 2.05) is 18.2 Å². The zero-order valence-corrected chi connectivity index (χ0v) is 24.6. The number of ether oxygens (including phenoxy) is 2. The van der Waals surface area contributed by atoms with Gasteiger partial charge in [-0.25, -0.2) is 15.0 Å². The van der Waals surface area contributed by atoms with Crippen LogP contribution in [0.3, 0.4) is 0 Å². The van der Waals surface area contributed by atoms with Gasteiger partial charge in [0, 0.05) is 61.0 Å². The summed E-state index contributed by atoms with van der Waals surface area (Å²) in [6, 6.07) is 10.0. The maximum Gasteiger partial charge on any atom is 0.225 e. The number of pyridine rings is 1. The van der Waals surface area contributed by atoms with Crippen molar-refractivity contribution in [3.63, 3.8) is 0 Å². The molecule has 0 aliphatic carbocycles. The lowest BCUT2D eigenvalue weighted by molar-refractivity contribution is -0.0661. The van der Waals surface area contributed by atoms with E-state index in [9.17, 15) is 5.11 Å². The number of anilines is 1. The smallest absolute Gasteiger partial charge is 0.225 e. The van der Waals surface area contributed by atoms with E-state index in [0.29, 0.717) is 39.6 Å². The largest absolute Gasteiger partial charge is 0.436 e. The molecule has 2 aromatic heterocycles. The molecule has 0 radical (unpaired) electrons. The van der Waals surface area contributed by atoms with Crippen LogP contribution in [0.1, 0.15) is 24.8 Å². The molecule has 1 aromatic carbocycles. The molecule has 0 unspecified atom stereocenters. The van der Waals surface area contributed by atoms with E-state index < -0.39 is 0 Å². The van der Waals surface area contributed by atoms with Crippen LogP contribution >= 0.6 is 23.2 Å². The van der Waals surface area contributed by atoms with Crippen molar-refractivity contribution < 1.29 is 14.6 Å². The zero-order chi connectivity index (χ0) is 28.2. The third-order valence-corrected chi connectivity index (χ3v) is 8.68. The minimum absolute atomic E-state index is 0.263. The number of hydrogen-bond donors (Lipinski definition) is 1. The standard InChI is InChI=1S/C30H36Cl2N6O3/c31-24-13-23(14-25(32)15-24)28-11-22(18-36-4-1-21(2-5-36)3-10-39)12-29(35-28)41-27-16-33-30(34-17-27)38-8-6-37(7-9-38)26-19-40-20-26/h11-17,21,26,39H,1-10,18-20H2. The van der Waals surface area contributed by atoms with Crippen LogP contribution in [-0.4, -0.2) is 95.0 Å². The van der Waals surface area contributed by atoms with Crippen molar-refractivity contribution in [2.24, 2.45) is 5.92 Å². The van der Waals surface area contributed by atoms with E-state index in [-0.39, 0.29) is 6.61 Å². The Morgan fingerprint density at radius 2 is 1.61 bits per heavy atom. The Balaban J connectivity index is 1.17. The fourth-order valence-corrected chi connectivity index (χ4v) is 6.32. The molecule has 0 atom stereocenters. The second-order valence-corrected chi connectivity index (χ2v) is 12.0. The molecule has 0 amide bonds. The Labute approximate surface area is 251 Å². The first-order chi connectivity index (χ1) is 20.0. The molecule has 3 fully saturated rings. The summed E-state index contributed by atoms with van der Waals surface area (Å²) in [5.41, 5.74) is 2.66. The molecule has 3 aromatic rings. The van der Waals surface area contributed by atoms with Gasteiger partial charge in [-0.2, -0.15) is 0 Å². The van der Waals surface area contributed by atoms with E-state index in [1.54, 1.807) is 18.5 Å². The van der Waals surface area contributed by atoms with Gasteiger partial charge in [-0.15, -0.1) is 0 Å². The SMILES string of the molecule is OCCC1CCN(Cc2cc(Oc3cnc(N4CCN(C5COC5)CC4)nc3)nc(-c3cc(Cl)cc(Cl)c3)c2)CC1. The van der Waals surface area contributed by atoms with Gasteiger partial charge in [0.05, 0.1) is 37.3 Å². The average molecular weight is 600 g/mol. The normalized spacial score (nSPS) is 19.3. The zero-order valence-electron chi connectivity index (χ0n) is 23.1. The van der Waals surface area contributed by atoms with Crippen LogP contribution in [-0.2, 0) is 11.3 Å². The number of likely N-dealkylation sites (tertiary alicyclic amines) is 1. The fourth-order valence-electron chi connectivity index (χ4n) is 5.79. The minimum atomic E-state index is 0.263. The maximum atomic E-state index is 9.30. The number of piperidine rings is 1. The Morgan fingerprint density at radius 1 is 0.902 bits per heavy atom. The Hall–Kier alpha value is -2.53. The highest BCUT2D eigenvalue weighted by atomic mass is 35.5. The summed E-state index contributed by atoms with van der Waals surface area (Å²) in [4.78, 5) is 21.1. The fraction of sp³-hybridized carbons (Fsp3) is 0.500. The van der Waals surface area contributed by atoms with E-state index in [4.69, 9.17) is 37.7 Å². The molecule has 9 nitrogen and oxygen atoms in total. The average Bonchev–Trinajstić information content (AvgIpc) is 2.94. The molecule has 11 heteroatoms. The molecule has 41 heavy (non-hydrogen) atoms. The molecule has 0 saturated carbocycles. The van der Waals surface area contributed by atoms with Crippen LogP contribution < -0.4 is 9.64 Å². The second-order valence-electron chi connectivity index (χ2n) is 11.1. The molecule has 1 N–H and O–H groups in total. The van der Waals surface area contributed by atoms with Crippen LogP contribution in [0.4, 0.5) is 5.95 Å². The predicted octanol–water partition coefficient (Wildman–Crippen LogP) is 4.75. The number of hydrogen-bond acceptors (Lipinski definition) is 9. The summed E-state index contributed by atoms with van der Waals surface area (Å²) in [5, 5.41) is 10.4. The van der Waals surface area contributed by atoms with Gasteiger partial charge in [0.15, 0.2) is 5.75 Å². The highest BCUT2D eigenvalue weighted by Crippen LogP contribution is 2.31. The quantitative estimate of drug-likeness (QED) is 0.375. The first-order valence-electron chi connectivity index (χ1n) is 14.4. The number of benzene rings is 1. The molecular weight excluding hydrogens is 563 g/mol. The van der Waals surface area contributed by atoms with E-state index in [2.05, 4.69) is 30.7 Å². The molecule has 3 aliphatic rings. The van der Waals surface area contributed by atoms with E-state index in [1.165, 1.54) is 0 Å². The number of aliphatic hydroxyl groups is 1. The Bertz CT molecular complexity index is 1290. The lowest BCUT2D eigenvalue weighted by atomic mass is 9.93. The predicted molar refractivity (Wildman–Crippen MR) is 160 cm³/mol. The Morgan fingerprint density at radius 3 is 2.24 bits per heavy atom. The van der Waals surface area contributed by atoms with Crippen molar-refractivity contribution in [1.29, 1.82) is 0 Å². The number of aromatic nitrogens is 3. The summed E-state index contributed by atoms with van der Waals surface area (Å²) >= 11 is 12.6. The van der Waals surface area contributed by atoms with Gasteiger partial charge in [0.2, 0.25) is 11.8 Å². The van der Waals surface area contributed by atoms with Gasteiger partial charge in [0.25, 0.3) is 0 Å². The van der Waals surface area contributed by atoms with Gasteiger partial charge in [-0.05, 0) is 68.1 Å². The second kappa shape index (κ2) is 13.2. The van der Waals surface area contributed by atoms with Crippen LogP contribution in [0, 0.1) is 5.92 Å². The third-order valence-electron chi connectivity index (χ3n) is 8.24. The number of piperazine rings is 1. The van der Waals surface area contributed by atoms with Crippen LogP contribution in [0.25, 0.3) is 11.3 Å². The van der Waals surface area contributed by atoms with Gasteiger partial charge >= 0.3 is 0 Å². The lowest BCUT2D eigenvalue weighted by Crippen LogP contribution is -2.56. The van der Waals surface area contributed by atoms with Gasteiger partial charge in [-0.3, -0.25) is 9.80 Å². The van der Waals surface area contributed by atoms with Crippen LogP contribution in [0.15, 0.2) is 42.7 Å². The van der Waals surface area contributed by atoms with Crippen molar-refractivity contribution >= 4 is 29.2 Å². The van der Waals surface area contributed by atoms with Crippen molar-refractivity contribution in [2.75, 3.05) is 64.0 Å². The first kappa shape index (κ1) is 28.6. The number of nitrogens with zero attached hydrogens (tertiary/aromatic N) is 6. The lowest BCUT2D eigenvalue weighted by Gasteiger charge is -2.42. The maximum absolute atomic E-state index is 9.30. The summed E-state index contributed by atoms with van der Waals surface area (Å²) in [7, 11) is 0. The van der Waals surface area contributed by atoms with Crippen molar-refractivity contribution in [3.05, 3.63) is 58.3 Å². The molecule has 0 bridgehead atoms. The van der Waals surface area contributed by atoms with Crippen LogP contribution in [0.5, 0.6) is 11.6 Å². The van der Waals surface area contributed by atoms with E-state index in [0.717, 1.165) is 95.1 Å². The summed E-state index contributed by atoms with van der Waals surface area (Å²) in [5.74, 6) is 2.31. The molecule has 3 aliphatic heterocycles. The summed E-state index contributed by atoms with van der Waals surface area (Å²) in [6.45, 7) is 8.48. The highest BCUT2D eigenvalue weighted by molar-refractivity contribution is 6.35. The van der Waals surface area contributed by atoms with Crippen molar-refractivity contribution in [3.8, 4) is 22.9 Å². The van der Waals surface area contributed by atoms with Gasteiger partial charge in [0.1, 0.15) is 0 Å². The summed E-state index contributed by atoms with van der Waals surface area (Å²) in [6.07, 6.45) is 6.50. The van der Waals surface area contributed by atoms with E-state index >= 15 is 0 Å². The summed E-state index contributed by atoms with van der Waals surface area (Å²) < 4.78 is 11.5. The molecule has 6 rings (SSSR count). The van der Waals surface area contributed by atoms with Gasteiger partial charge in [-0.1, -0.05) is 23.2 Å². The molecular formula is C30H36Cl2N6O3. The van der Waals surface area contributed by atoms with Gasteiger partial charge < -0.3 is 19.5 Å². The topological polar surface area (TPSA) is 87.1 Å². The van der Waals surface area contributed by atoms with Crippen molar-refractivity contribution in [1.82, 2.24) is 24.8 Å². The molecule has 218 valence electrons. The number of halogens is 2. The number of aliphatic hydroxyl groups excluding tert-OH is 1. The molecule has 3 saturated heterocycles. The molecule has 0 spiro atoms. The Kier molecular flexibility index (Phi) is 9.20. The first-order valence-corrected chi connectivity index (χ1v) is 15.2. The third kappa shape index (κ3) is 7.28. The minimum Gasteiger partial charge on any atom is -0.436 e. The monoisotopic (exact) mass is 598 g/mol. The molecule has 5 heterocycles. The highest BCUT2D eigenvalue weighted by Gasteiger charge is 2.29.